The van der Waals surface area contributed by atoms with E-state index in [0.29, 0.717) is 12.1 Å². The fourth-order valence-electron chi connectivity index (χ4n) is 4.71. The summed E-state index contributed by atoms with van der Waals surface area (Å²) in [6.07, 6.45) is 13.4. The van der Waals surface area contributed by atoms with Crippen LogP contribution in [0.4, 0.5) is 11.4 Å². The van der Waals surface area contributed by atoms with Gasteiger partial charge in [0.1, 0.15) is 23.0 Å². The van der Waals surface area contributed by atoms with Crippen molar-refractivity contribution < 1.29 is 14.3 Å². The van der Waals surface area contributed by atoms with E-state index in [1.54, 1.807) is 12.3 Å². The fraction of sp³-hybridized carbons (Fsp3) is 0.200. The van der Waals surface area contributed by atoms with Gasteiger partial charge >= 0.3 is 0 Å². The molecule has 2 heterocycles. The van der Waals surface area contributed by atoms with Crippen molar-refractivity contribution in [1.29, 1.82) is 0 Å². The molecule has 0 spiro atoms. The molecule has 0 saturated carbocycles. The molecule has 0 saturated heterocycles. The first-order valence-electron chi connectivity index (χ1n) is 14.3. The van der Waals surface area contributed by atoms with Gasteiger partial charge in [0.2, 0.25) is 0 Å². The molecular weight excluding hydrogens is 538 g/mol. The quantitative estimate of drug-likeness (QED) is 0.173. The second kappa shape index (κ2) is 14.1. The molecule has 0 unspecified atom stereocenters. The normalized spacial score (nSPS) is 14.1. The maximum Gasteiger partial charge on any atom is 0.159 e. The van der Waals surface area contributed by atoms with Crippen LogP contribution in [-0.2, 0) is 11.2 Å². The minimum absolute atomic E-state index is 0.148. The summed E-state index contributed by atoms with van der Waals surface area (Å²) in [5, 5.41) is 7.50. The van der Waals surface area contributed by atoms with Crippen LogP contribution < -0.4 is 15.2 Å². The van der Waals surface area contributed by atoms with E-state index in [0.717, 1.165) is 77.2 Å². The van der Waals surface area contributed by atoms with Crippen molar-refractivity contribution in [2.45, 2.75) is 46.0 Å². The topological polar surface area (TPSA) is 115 Å². The molecule has 218 valence electrons. The van der Waals surface area contributed by atoms with Crippen LogP contribution in [0.25, 0.3) is 18.2 Å². The van der Waals surface area contributed by atoms with Crippen LogP contribution in [0, 0.1) is 0 Å². The monoisotopic (exact) mass is 573 g/mol. The van der Waals surface area contributed by atoms with Crippen molar-refractivity contribution in [1.82, 2.24) is 15.2 Å². The number of nitrogen functional groups attached to an aromatic ring is 1. The molecule has 4 aromatic rings. The van der Waals surface area contributed by atoms with Gasteiger partial charge in [-0.3, -0.25) is 19.9 Å². The van der Waals surface area contributed by atoms with Gasteiger partial charge in [-0.1, -0.05) is 18.2 Å². The predicted molar refractivity (Wildman–Crippen MR) is 172 cm³/mol. The minimum atomic E-state index is 0.148. The molecule has 0 radical (unpaired) electrons. The van der Waals surface area contributed by atoms with Gasteiger partial charge in [-0.2, -0.15) is 5.10 Å². The van der Waals surface area contributed by atoms with Crippen LogP contribution in [0.1, 0.15) is 62.2 Å². The molecule has 2 aliphatic carbocycles. The molecule has 3 N–H and O–H groups in total. The van der Waals surface area contributed by atoms with E-state index in [9.17, 15) is 4.79 Å². The van der Waals surface area contributed by atoms with Gasteiger partial charge in [-0.15, -0.1) is 0 Å². The predicted octanol–water partition coefficient (Wildman–Crippen LogP) is 7.74. The molecule has 0 fully saturated rings. The summed E-state index contributed by atoms with van der Waals surface area (Å²) in [5.74, 6) is 3.29. The van der Waals surface area contributed by atoms with Gasteiger partial charge in [-0.25, -0.2) is 0 Å². The van der Waals surface area contributed by atoms with E-state index in [1.165, 1.54) is 5.56 Å². The lowest BCUT2D eigenvalue weighted by Crippen LogP contribution is -2.06. The Morgan fingerprint density at radius 2 is 1.67 bits per heavy atom. The van der Waals surface area contributed by atoms with E-state index in [2.05, 4.69) is 20.2 Å². The van der Waals surface area contributed by atoms with Crippen molar-refractivity contribution in [3.63, 3.8) is 0 Å². The second-order valence-electron chi connectivity index (χ2n) is 10.5. The molecule has 0 amide bonds. The standard InChI is InChI=1S/C20H18N4O.C15H17NO2/c21-14-4-3-6-16(12-14)25-17-8-9-18-19(23-24-20(18)13-17)10-7-15-5-1-2-11-22-15;1-11(2)16-12-5-3-7-14(9-12)18-15-8-4-6-13(17)10-15/h1-7,10-13H,8-9,21H2,(H,23,24);3,5,7,9-10H,4,6,8H2,1-2H3/b10-7+;. The summed E-state index contributed by atoms with van der Waals surface area (Å²) < 4.78 is 11.7. The summed E-state index contributed by atoms with van der Waals surface area (Å²) in [6.45, 7) is 3.91. The summed E-state index contributed by atoms with van der Waals surface area (Å²) in [4.78, 5) is 20.0. The number of anilines is 1. The number of aromatic nitrogens is 3. The number of fused-ring (bicyclic) bond motifs is 1. The lowest BCUT2D eigenvalue weighted by molar-refractivity contribution is -0.115. The highest BCUT2D eigenvalue weighted by atomic mass is 16.5. The Morgan fingerprint density at radius 1 is 0.884 bits per heavy atom. The number of carbonyl (C=O) groups excluding carboxylic acids is 1. The highest BCUT2D eigenvalue weighted by Gasteiger charge is 2.17. The number of pyridine rings is 1. The van der Waals surface area contributed by atoms with Gasteiger partial charge in [0, 0.05) is 66.7 Å². The fourth-order valence-corrected chi connectivity index (χ4v) is 4.71. The van der Waals surface area contributed by atoms with Crippen LogP contribution in [-0.4, -0.2) is 26.7 Å². The average molecular weight is 574 g/mol. The number of nitrogens with two attached hydrogens (primary N) is 1. The molecule has 0 atom stereocenters. The smallest absolute Gasteiger partial charge is 0.159 e. The third-order valence-electron chi connectivity index (χ3n) is 6.65. The number of rotatable bonds is 7. The van der Waals surface area contributed by atoms with Crippen molar-refractivity contribution in [2.24, 2.45) is 4.99 Å². The number of aromatic amines is 1. The Bertz CT molecular complexity index is 1700. The van der Waals surface area contributed by atoms with E-state index in [-0.39, 0.29) is 5.78 Å². The van der Waals surface area contributed by atoms with Crippen LogP contribution in [0.5, 0.6) is 11.5 Å². The molecular formula is C35H35N5O3. The SMILES string of the molecule is CC(C)=Nc1cccc(OC2=CC(=O)CCC2)c1.Nc1cccc(OC2=Cc3[nH]nc(/C=C/c4ccccn4)c3CC2)c1. The number of benzene rings is 2. The van der Waals surface area contributed by atoms with Gasteiger partial charge < -0.3 is 15.2 Å². The molecule has 8 heteroatoms. The van der Waals surface area contributed by atoms with Crippen molar-refractivity contribution >= 4 is 41.1 Å². The Hall–Kier alpha value is -5.24. The number of nitrogens with one attached hydrogen (secondary N) is 1. The second-order valence-corrected chi connectivity index (χ2v) is 10.5. The number of hydrogen-bond donors (Lipinski definition) is 2. The maximum absolute atomic E-state index is 11.3. The number of aliphatic imine (C=N–C) groups is 1. The number of H-pyrrole nitrogens is 1. The van der Waals surface area contributed by atoms with E-state index in [4.69, 9.17) is 15.2 Å². The number of nitrogens with zero attached hydrogens (tertiary/aromatic N) is 3. The molecule has 2 aliphatic rings. The molecule has 2 aromatic heterocycles. The number of allylic oxidation sites excluding steroid dienone is 3. The first-order valence-corrected chi connectivity index (χ1v) is 14.3. The number of ether oxygens (including phenoxy) is 2. The largest absolute Gasteiger partial charge is 0.462 e. The Balaban J connectivity index is 0.000000181. The zero-order valence-electron chi connectivity index (χ0n) is 24.4. The van der Waals surface area contributed by atoms with E-state index < -0.39 is 0 Å². The van der Waals surface area contributed by atoms with Gasteiger partial charge in [0.25, 0.3) is 0 Å². The van der Waals surface area contributed by atoms with Crippen molar-refractivity contribution in [2.75, 3.05) is 5.73 Å². The summed E-state index contributed by atoms with van der Waals surface area (Å²) >= 11 is 0. The molecule has 0 bridgehead atoms. The van der Waals surface area contributed by atoms with Gasteiger partial charge in [-0.05, 0) is 75.2 Å². The van der Waals surface area contributed by atoms with E-state index >= 15 is 0 Å². The van der Waals surface area contributed by atoms with Crippen molar-refractivity contribution in [3.8, 4) is 11.5 Å². The number of ketones is 1. The van der Waals surface area contributed by atoms with Gasteiger partial charge in [0.15, 0.2) is 5.78 Å². The summed E-state index contributed by atoms with van der Waals surface area (Å²) in [7, 11) is 0. The first kappa shape index (κ1) is 29.3. The van der Waals surface area contributed by atoms with Gasteiger partial charge in [0.05, 0.1) is 22.8 Å². The zero-order valence-corrected chi connectivity index (χ0v) is 24.4. The Labute approximate surface area is 251 Å². The minimum Gasteiger partial charge on any atom is -0.462 e. The van der Waals surface area contributed by atoms with Crippen molar-refractivity contribution in [3.05, 3.63) is 113 Å². The molecule has 0 aliphatic heterocycles. The number of carbonyl (C=O) groups is 1. The van der Waals surface area contributed by atoms with Crippen LogP contribution >= 0.6 is 0 Å². The van der Waals surface area contributed by atoms with Crippen LogP contribution in [0.3, 0.4) is 0 Å². The first-order chi connectivity index (χ1) is 20.9. The molecule has 2 aromatic carbocycles. The summed E-state index contributed by atoms with van der Waals surface area (Å²) in [6, 6.07) is 20.9. The highest BCUT2D eigenvalue weighted by molar-refractivity contribution is 5.90. The maximum atomic E-state index is 11.3. The van der Waals surface area contributed by atoms with Crippen LogP contribution in [0.15, 0.2) is 95.5 Å². The molecule has 43 heavy (non-hydrogen) atoms. The Morgan fingerprint density at radius 3 is 2.42 bits per heavy atom. The van der Waals surface area contributed by atoms with E-state index in [1.807, 2.05) is 98.8 Å². The third kappa shape index (κ3) is 8.63. The van der Waals surface area contributed by atoms with Crippen LogP contribution in [0.2, 0.25) is 0 Å². The average Bonchev–Trinajstić information content (AvgIpc) is 3.39. The number of hydrogen-bond acceptors (Lipinski definition) is 7. The molecule has 6 rings (SSSR count). The lowest BCUT2D eigenvalue weighted by atomic mass is 10.00. The highest BCUT2D eigenvalue weighted by Crippen LogP contribution is 2.29. The summed E-state index contributed by atoms with van der Waals surface area (Å²) in [5.41, 5.74) is 12.4. The third-order valence-corrected chi connectivity index (χ3v) is 6.65. The Kier molecular flexibility index (Phi) is 9.59. The molecule has 8 nitrogen and oxygen atoms in total. The zero-order chi connectivity index (χ0) is 30.0. The lowest BCUT2D eigenvalue weighted by Gasteiger charge is -2.15.